The number of nitrogens with one attached hydrogen (secondary N) is 1. The van der Waals surface area contributed by atoms with E-state index in [-0.39, 0.29) is 5.91 Å². The maximum absolute atomic E-state index is 12.7. The van der Waals surface area contributed by atoms with Crippen molar-refractivity contribution in [2.24, 2.45) is 0 Å². The highest BCUT2D eigenvalue weighted by Gasteiger charge is 2.15. The molecule has 1 amide bonds. The minimum Gasteiger partial charge on any atom is -0.497 e. The van der Waals surface area contributed by atoms with E-state index < -0.39 is 0 Å². The van der Waals surface area contributed by atoms with Crippen molar-refractivity contribution in [3.8, 4) is 28.4 Å². The number of fused-ring (bicyclic) bond motifs is 1. The van der Waals surface area contributed by atoms with Crippen LogP contribution in [-0.2, 0) is 4.79 Å². The Morgan fingerprint density at radius 2 is 1.76 bits per heavy atom. The van der Waals surface area contributed by atoms with E-state index in [1.165, 1.54) is 13.2 Å². The van der Waals surface area contributed by atoms with E-state index in [1.807, 2.05) is 43.3 Å². The average molecular weight is 478 g/mol. The van der Waals surface area contributed by atoms with Gasteiger partial charge in [-0.25, -0.2) is 0 Å². The first-order valence-corrected chi connectivity index (χ1v) is 10.9. The van der Waals surface area contributed by atoms with E-state index >= 15 is 0 Å². The highest BCUT2D eigenvalue weighted by atomic mass is 35.5. The molecule has 0 fully saturated rings. The predicted octanol–water partition coefficient (Wildman–Crippen LogP) is 6.82. The molecule has 7 heteroatoms. The molecular weight excluding hydrogens is 454 g/mol. The number of hydrogen-bond acceptors (Lipinski definition) is 5. The Bertz CT molecular complexity index is 1390. The van der Waals surface area contributed by atoms with Crippen LogP contribution in [0, 0.1) is 0 Å². The number of benzene rings is 3. The smallest absolute Gasteiger partial charge is 0.248 e. The summed E-state index contributed by atoms with van der Waals surface area (Å²) >= 11 is 6.16. The summed E-state index contributed by atoms with van der Waals surface area (Å²) in [6.07, 6.45) is 3.23. The third-order valence-electron chi connectivity index (χ3n) is 5.47. The number of allylic oxidation sites excluding steroid dienone is 1. The van der Waals surface area contributed by atoms with Crippen LogP contribution >= 0.6 is 11.6 Å². The molecular formula is C27H24ClNO5. The van der Waals surface area contributed by atoms with Gasteiger partial charge in [0.25, 0.3) is 0 Å². The molecule has 0 aliphatic heterocycles. The lowest BCUT2D eigenvalue weighted by Crippen LogP contribution is -2.08. The molecule has 0 aliphatic carbocycles. The van der Waals surface area contributed by atoms with Gasteiger partial charge in [-0.3, -0.25) is 4.79 Å². The van der Waals surface area contributed by atoms with Crippen LogP contribution in [0.15, 0.2) is 71.4 Å². The molecule has 1 N–H and O–H groups in total. The number of ether oxygens (including phenoxy) is 3. The first-order valence-electron chi connectivity index (χ1n) is 10.5. The van der Waals surface area contributed by atoms with Crippen molar-refractivity contribution >= 4 is 39.7 Å². The number of carbonyl (C=O) groups is 1. The monoisotopic (exact) mass is 477 g/mol. The fourth-order valence-corrected chi connectivity index (χ4v) is 4.00. The third kappa shape index (κ3) is 4.72. The van der Waals surface area contributed by atoms with Gasteiger partial charge in [0, 0.05) is 34.3 Å². The van der Waals surface area contributed by atoms with Crippen LogP contribution in [0.2, 0.25) is 5.02 Å². The summed E-state index contributed by atoms with van der Waals surface area (Å²) in [7, 11) is 4.76. The van der Waals surface area contributed by atoms with Gasteiger partial charge in [0.05, 0.1) is 32.6 Å². The maximum Gasteiger partial charge on any atom is 0.248 e. The average Bonchev–Trinajstić information content (AvgIpc) is 3.26. The Kier molecular flexibility index (Phi) is 6.80. The molecule has 4 rings (SSSR count). The van der Waals surface area contributed by atoms with Crippen LogP contribution < -0.4 is 19.5 Å². The second-order valence-corrected chi connectivity index (χ2v) is 8.00. The number of carbonyl (C=O) groups excluding carboxylic acids is 1. The molecule has 1 heterocycles. The number of furan rings is 1. The van der Waals surface area contributed by atoms with Crippen molar-refractivity contribution in [1.29, 1.82) is 0 Å². The van der Waals surface area contributed by atoms with Crippen molar-refractivity contribution in [1.82, 2.24) is 0 Å². The Labute approximate surface area is 202 Å². The number of halogens is 1. The molecule has 4 aromatic rings. The first-order chi connectivity index (χ1) is 16.4. The topological polar surface area (TPSA) is 69.9 Å². The van der Waals surface area contributed by atoms with Crippen molar-refractivity contribution in [3.05, 3.63) is 77.5 Å². The van der Waals surface area contributed by atoms with Gasteiger partial charge in [-0.1, -0.05) is 23.7 Å². The van der Waals surface area contributed by atoms with Crippen LogP contribution in [0.5, 0.6) is 17.2 Å². The maximum atomic E-state index is 12.7. The van der Waals surface area contributed by atoms with Crippen LogP contribution in [0.25, 0.3) is 27.7 Å². The zero-order valence-electron chi connectivity index (χ0n) is 19.3. The quantitative estimate of drug-likeness (QED) is 0.296. The molecule has 0 aliphatic rings. The minimum atomic E-state index is -0.291. The van der Waals surface area contributed by atoms with Gasteiger partial charge >= 0.3 is 0 Å². The number of anilines is 1. The Balaban J connectivity index is 1.68. The molecule has 0 unspecified atom stereocenters. The first kappa shape index (κ1) is 23.3. The molecule has 0 saturated heterocycles. The molecule has 174 valence electrons. The summed E-state index contributed by atoms with van der Waals surface area (Å²) in [6.45, 7) is 1.86. The number of rotatable bonds is 7. The SMILES string of the molecule is COc1cccc(-c2coc3cc(OC)c(/C(C)=C/C(=O)Nc4ccc(OC)c(Cl)c4)cc23)c1. The van der Waals surface area contributed by atoms with Gasteiger partial charge in [0.15, 0.2) is 0 Å². The second kappa shape index (κ2) is 9.93. The lowest BCUT2D eigenvalue weighted by atomic mass is 9.99. The number of hydrogen-bond donors (Lipinski definition) is 1. The summed E-state index contributed by atoms with van der Waals surface area (Å²) in [6, 6.07) is 16.6. The number of amides is 1. The fourth-order valence-electron chi connectivity index (χ4n) is 3.74. The van der Waals surface area contributed by atoms with Crippen molar-refractivity contribution in [3.63, 3.8) is 0 Å². The van der Waals surface area contributed by atoms with E-state index in [9.17, 15) is 4.79 Å². The standard InChI is InChI=1S/C27H24ClNO5/c1-16(10-27(30)29-18-8-9-24(32-3)23(28)12-18)20-13-21-22(15-34-26(21)14-25(20)33-4)17-6-5-7-19(11-17)31-2/h5-15H,1-4H3,(H,29,30)/b16-10+. The van der Waals surface area contributed by atoms with Crippen LogP contribution in [0.3, 0.4) is 0 Å². The van der Waals surface area contributed by atoms with Gasteiger partial charge in [-0.05, 0) is 54.5 Å². The zero-order chi connectivity index (χ0) is 24.2. The Morgan fingerprint density at radius 3 is 2.47 bits per heavy atom. The van der Waals surface area contributed by atoms with Gasteiger partial charge < -0.3 is 23.9 Å². The van der Waals surface area contributed by atoms with Gasteiger partial charge in [-0.2, -0.15) is 0 Å². The molecule has 34 heavy (non-hydrogen) atoms. The van der Waals surface area contributed by atoms with E-state index in [2.05, 4.69) is 5.32 Å². The molecule has 0 bridgehead atoms. The lowest BCUT2D eigenvalue weighted by molar-refractivity contribution is -0.111. The lowest BCUT2D eigenvalue weighted by Gasteiger charge is -2.11. The molecule has 0 radical (unpaired) electrons. The van der Waals surface area contributed by atoms with Crippen molar-refractivity contribution in [2.45, 2.75) is 6.92 Å². The summed E-state index contributed by atoms with van der Waals surface area (Å²) in [5, 5.41) is 4.14. The largest absolute Gasteiger partial charge is 0.497 e. The van der Waals surface area contributed by atoms with E-state index in [4.69, 9.17) is 30.2 Å². The van der Waals surface area contributed by atoms with Crippen molar-refractivity contribution in [2.75, 3.05) is 26.6 Å². The summed E-state index contributed by atoms with van der Waals surface area (Å²) < 4.78 is 21.9. The van der Waals surface area contributed by atoms with Crippen LogP contribution in [-0.4, -0.2) is 27.2 Å². The second-order valence-electron chi connectivity index (χ2n) is 7.60. The zero-order valence-corrected chi connectivity index (χ0v) is 20.0. The highest BCUT2D eigenvalue weighted by Crippen LogP contribution is 2.38. The van der Waals surface area contributed by atoms with Gasteiger partial charge in [0.2, 0.25) is 5.91 Å². The predicted molar refractivity (Wildman–Crippen MR) is 135 cm³/mol. The number of methoxy groups -OCH3 is 3. The molecule has 0 atom stereocenters. The Morgan fingerprint density at radius 1 is 0.971 bits per heavy atom. The van der Waals surface area contributed by atoms with Gasteiger partial charge in [-0.15, -0.1) is 0 Å². The molecule has 0 saturated carbocycles. The van der Waals surface area contributed by atoms with Crippen LogP contribution in [0.4, 0.5) is 5.69 Å². The Hall–Kier alpha value is -3.90. The normalized spacial score (nSPS) is 11.4. The third-order valence-corrected chi connectivity index (χ3v) is 5.76. The molecule has 1 aromatic heterocycles. The van der Waals surface area contributed by atoms with Crippen LogP contribution in [0.1, 0.15) is 12.5 Å². The molecule has 6 nitrogen and oxygen atoms in total. The van der Waals surface area contributed by atoms with Crippen molar-refractivity contribution < 1.29 is 23.4 Å². The van der Waals surface area contributed by atoms with E-state index in [1.54, 1.807) is 38.7 Å². The highest BCUT2D eigenvalue weighted by molar-refractivity contribution is 6.32. The summed E-state index contributed by atoms with van der Waals surface area (Å²) in [5.41, 5.74) is 4.64. The summed E-state index contributed by atoms with van der Waals surface area (Å²) in [5.74, 6) is 1.61. The fraction of sp³-hybridized carbons (Fsp3) is 0.148. The van der Waals surface area contributed by atoms with Gasteiger partial charge in [0.1, 0.15) is 22.8 Å². The summed E-state index contributed by atoms with van der Waals surface area (Å²) in [4.78, 5) is 12.7. The molecule has 3 aromatic carbocycles. The van der Waals surface area contributed by atoms with E-state index in [0.717, 1.165) is 33.4 Å². The van der Waals surface area contributed by atoms with E-state index in [0.29, 0.717) is 27.8 Å². The molecule has 0 spiro atoms. The minimum absolute atomic E-state index is 0.291.